The summed E-state index contributed by atoms with van der Waals surface area (Å²) in [4.78, 5) is 15.0. The summed E-state index contributed by atoms with van der Waals surface area (Å²) in [6, 6.07) is 7.88. The number of amides is 1. The number of hydrogen-bond acceptors (Lipinski definition) is 1. The zero-order valence-electron chi connectivity index (χ0n) is 10.5. The van der Waals surface area contributed by atoms with Crippen molar-refractivity contribution >= 4 is 22.5 Å². The number of anilines is 1. The van der Waals surface area contributed by atoms with Crippen molar-refractivity contribution in [2.24, 2.45) is 5.41 Å². The summed E-state index contributed by atoms with van der Waals surface area (Å²) < 4.78 is 0. The van der Waals surface area contributed by atoms with Gasteiger partial charge in [0.05, 0.1) is 11.2 Å². The molecule has 2 aromatic rings. The molecule has 2 N–H and O–H groups in total. The molecule has 3 heteroatoms. The molecule has 1 heterocycles. The SMILES string of the molecule is CC(C)(C)CC(=O)Nc1cccc2cc[nH]c12. The van der Waals surface area contributed by atoms with Crippen molar-refractivity contribution in [1.82, 2.24) is 4.98 Å². The lowest BCUT2D eigenvalue weighted by Gasteiger charge is -2.17. The normalized spacial score (nSPS) is 11.7. The monoisotopic (exact) mass is 230 g/mol. The minimum absolute atomic E-state index is 0.00765. The Balaban J connectivity index is 2.18. The van der Waals surface area contributed by atoms with Crippen LogP contribution in [-0.2, 0) is 4.79 Å². The van der Waals surface area contributed by atoms with Gasteiger partial charge in [-0.1, -0.05) is 32.9 Å². The number of H-pyrrole nitrogens is 1. The molecule has 0 atom stereocenters. The molecule has 3 nitrogen and oxygen atoms in total. The Morgan fingerprint density at radius 3 is 2.76 bits per heavy atom. The highest BCUT2D eigenvalue weighted by molar-refractivity contribution is 6.00. The molecule has 0 aliphatic heterocycles. The lowest BCUT2D eigenvalue weighted by Crippen LogP contribution is -2.19. The molecule has 1 amide bonds. The zero-order valence-corrected chi connectivity index (χ0v) is 10.5. The minimum Gasteiger partial charge on any atom is -0.359 e. The first-order valence-corrected chi connectivity index (χ1v) is 5.82. The first-order chi connectivity index (χ1) is 7.96. The number of aromatic nitrogens is 1. The fourth-order valence-electron chi connectivity index (χ4n) is 1.87. The summed E-state index contributed by atoms with van der Waals surface area (Å²) in [5.41, 5.74) is 1.84. The van der Waals surface area contributed by atoms with Gasteiger partial charge in [0.1, 0.15) is 0 Å². The summed E-state index contributed by atoms with van der Waals surface area (Å²) in [6.45, 7) is 6.17. The van der Waals surface area contributed by atoms with Crippen LogP contribution in [0, 0.1) is 5.41 Å². The Labute approximate surface area is 101 Å². The van der Waals surface area contributed by atoms with Crippen LogP contribution in [0.1, 0.15) is 27.2 Å². The second-order valence-electron chi connectivity index (χ2n) is 5.53. The fraction of sp³-hybridized carbons (Fsp3) is 0.357. The predicted octanol–water partition coefficient (Wildman–Crippen LogP) is 3.54. The Kier molecular flexibility index (Phi) is 2.92. The van der Waals surface area contributed by atoms with Gasteiger partial charge in [0, 0.05) is 18.0 Å². The number of fused-ring (bicyclic) bond motifs is 1. The molecule has 0 unspecified atom stereocenters. The summed E-state index contributed by atoms with van der Waals surface area (Å²) in [7, 11) is 0. The predicted molar refractivity (Wildman–Crippen MR) is 71.0 cm³/mol. The molecule has 0 aliphatic carbocycles. The summed E-state index contributed by atoms with van der Waals surface area (Å²) in [5.74, 6) is 0.0552. The van der Waals surface area contributed by atoms with Crippen LogP contribution in [0.25, 0.3) is 10.9 Å². The first kappa shape index (κ1) is 11.7. The first-order valence-electron chi connectivity index (χ1n) is 5.82. The molecule has 0 spiro atoms. The standard InChI is InChI=1S/C14H18N2O/c1-14(2,3)9-12(17)16-11-6-4-5-10-7-8-15-13(10)11/h4-8,15H,9H2,1-3H3,(H,16,17). The highest BCUT2D eigenvalue weighted by Gasteiger charge is 2.16. The number of carbonyl (C=O) groups is 1. The van der Waals surface area contributed by atoms with Crippen LogP contribution in [0.4, 0.5) is 5.69 Å². The average Bonchev–Trinajstić information content (AvgIpc) is 2.63. The molecular weight excluding hydrogens is 212 g/mol. The maximum atomic E-state index is 11.9. The minimum atomic E-state index is 0.00765. The number of nitrogens with one attached hydrogen (secondary N) is 2. The van der Waals surface area contributed by atoms with Crippen molar-refractivity contribution in [2.45, 2.75) is 27.2 Å². The molecule has 17 heavy (non-hydrogen) atoms. The van der Waals surface area contributed by atoms with E-state index in [1.54, 1.807) is 0 Å². The van der Waals surface area contributed by atoms with Crippen LogP contribution in [0.15, 0.2) is 30.5 Å². The van der Waals surface area contributed by atoms with E-state index >= 15 is 0 Å². The van der Waals surface area contributed by atoms with Crippen molar-refractivity contribution in [3.63, 3.8) is 0 Å². The summed E-state index contributed by atoms with van der Waals surface area (Å²) in [6.07, 6.45) is 2.40. The molecule has 0 saturated heterocycles. The van der Waals surface area contributed by atoms with Crippen LogP contribution in [0.3, 0.4) is 0 Å². The van der Waals surface area contributed by atoms with Crippen LogP contribution < -0.4 is 5.32 Å². The number of aromatic amines is 1. The van der Waals surface area contributed by atoms with Crippen LogP contribution in [0.5, 0.6) is 0 Å². The lowest BCUT2D eigenvalue weighted by molar-refractivity contribution is -0.117. The Bertz CT molecular complexity index is 534. The average molecular weight is 230 g/mol. The third-order valence-corrected chi connectivity index (χ3v) is 2.55. The highest BCUT2D eigenvalue weighted by atomic mass is 16.1. The van der Waals surface area contributed by atoms with Crippen molar-refractivity contribution in [3.8, 4) is 0 Å². The molecule has 0 bridgehead atoms. The van der Waals surface area contributed by atoms with Gasteiger partial charge in [0.2, 0.25) is 5.91 Å². The number of benzene rings is 1. The second kappa shape index (κ2) is 4.24. The molecule has 0 fully saturated rings. The van der Waals surface area contributed by atoms with Gasteiger partial charge in [0.25, 0.3) is 0 Å². The maximum Gasteiger partial charge on any atom is 0.224 e. The Hall–Kier alpha value is -1.77. The van der Waals surface area contributed by atoms with Crippen LogP contribution in [-0.4, -0.2) is 10.9 Å². The van der Waals surface area contributed by atoms with E-state index in [0.717, 1.165) is 16.6 Å². The van der Waals surface area contributed by atoms with Crippen molar-refractivity contribution in [2.75, 3.05) is 5.32 Å². The van der Waals surface area contributed by atoms with E-state index in [-0.39, 0.29) is 11.3 Å². The van der Waals surface area contributed by atoms with Crippen LogP contribution in [0.2, 0.25) is 0 Å². The third kappa shape index (κ3) is 2.87. The molecule has 90 valence electrons. The van der Waals surface area contributed by atoms with Gasteiger partial charge in [-0.3, -0.25) is 4.79 Å². The number of carbonyl (C=O) groups excluding carboxylic acids is 1. The van der Waals surface area contributed by atoms with Gasteiger partial charge < -0.3 is 10.3 Å². The number of hydrogen-bond donors (Lipinski definition) is 2. The van der Waals surface area contributed by atoms with E-state index in [9.17, 15) is 4.79 Å². The molecule has 0 saturated carbocycles. The topological polar surface area (TPSA) is 44.9 Å². The smallest absolute Gasteiger partial charge is 0.224 e. The zero-order chi connectivity index (χ0) is 12.5. The van der Waals surface area contributed by atoms with E-state index in [0.29, 0.717) is 6.42 Å². The molecule has 1 aromatic heterocycles. The number of para-hydroxylation sites is 1. The van der Waals surface area contributed by atoms with Gasteiger partial charge in [0.15, 0.2) is 0 Å². The molecule has 0 aliphatic rings. The van der Waals surface area contributed by atoms with Gasteiger partial charge in [-0.05, 0) is 17.5 Å². The largest absolute Gasteiger partial charge is 0.359 e. The fourth-order valence-corrected chi connectivity index (χ4v) is 1.87. The molecule has 0 radical (unpaired) electrons. The third-order valence-electron chi connectivity index (χ3n) is 2.55. The van der Waals surface area contributed by atoms with E-state index < -0.39 is 0 Å². The second-order valence-corrected chi connectivity index (χ2v) is 5.53. The van der Waals surface area contributed by atoms with Gasteiger partial charge in [-0.2, -0.15) is 0 Å². The van der Waals surface area contributed by atoms with E-state index in [1.165, 1.54) is 0 Å². The van der Waals surface area contributed by atoms with Gasteiger partial charge in [-0.25, -0.2) is 0 Å². The summed E-state index contributed by atoms with van der Waals surface area (Å²) >= 11 is 0. The van der Waals surface area contributed by atoms with Gasteiger partial charge >= 0.3 is 0 Å². The molecule has 1 aromatic carbocycles. The Morgan fingerprint density at radius 2 is 2.06 bits per heavy atom. The highest BCUT2D eigenvalue weighted by Crippen LogP contribution is 2.24. The quantitative estimate of drug-likeness (QED) is 0.814. The van der Waals surface area contributed by atoms with E-state index in [2.05, 4.69) is 31.1 Å². The van der Waals surface area contributed by atoms with Gasteiger partial charge in [-0.15, -0.1) is 0 Å². The molecule has 2 rings (SSSR count). The lowest BCUT2D eigenvalue weighted by atomic mass is 9.92. The summed E-state index contributed by atoms with van der Waals surface area (Å²) in [5, 5.41) is 4.07. The Morgan fingerprint density at radius 1 is 1.29 bits per heavy atom. The number of rotatable bonds is 2. The van der Waals surface area contributed by atoms with Crippen molar-refractivity contribution < 1.29 is 4.79 Å². The maximum absolute atomic E-state index is 11.9. The van der Waals surface area contributed by atoms with E-state index in [1.807, 2.05) is 30.5 Å². The molecular formula is C14H18N2O. The van der Waals surface area contributed by atoms with Crippen molar-refractivity contribution in [1.29, 1.82) is 0 Å². The van der Waals surface area contributed by atoms with Crippen molar-refractivity contribution in [3.05, 3.63) is 30.5 Å². The van der Waals surface area contributed by atoms with Crippen LogP contribution >= 0.6 is 0 Å². The van der Waals surface area contributed by atoms with E-state index in [4.69, 9.17) is 0 Å².